The molecule has 0 radical (unpaired) electrons. The highest BCUT2D eigenvalue weighted by molar-refractivity contribution is 5.92. The van der Waals surface area contributed by atoms with E-state index in [2.05, 4.69) is 49.8 Å². The Kier molecular flexibility index (Phi) is 7.29. The standard InChI is InChI=1S/C27H34N6O3/c1-18(34)33-10-6-21(7-11-33)31-26-13-25(29-17-30-26)27(36)28-14-22(35)16-32-9-8-24-20(15-32)12-19-4-2-3-5-23(19)24/h2-5,13,17,21-22,35H,6-12,14-16H2,1H3,(H,28,36)(H,29,30,31)/t22-/m1/s1. The van der Waals surface area contributed by atoms with Crippen LogP contribution in [-0.4, -0.2) is 88.1 Å². The van der Waals surface area contributed by atoms with Crippen LogP contribution in [0.1, 0.15) is 47.8 Å². The highest BCUT2D eigenvalue weighted by atomic mass is 16.3. The average molecular weight is 491 g/mol. The van der Waals surface area contributed by atoms with Crippen molar-refractivity contribution in [3.05, 3.63) is 59.1 Å². The number of fused-ring (bicyclic) bond motifs is 2. The van der Waals surface area contributed by atoms with E-state index in [0.717, 1.165) is 38.8 Å². The third-order valence-electron chi connectivity index (χ3n) is 7.42. The van der Waals surface area contributed by atoms with Gasteiger partial charge < -0.3 is 20.6 Å². The van der Waals surface area contributed by atoms with E-state index in [4.69, 9.17) is 0 Å². The van der Waals surface area contributed by atoms with Gasteiger partial charge in [0.15, 0.2) is 0 Å². The summed E-state index contributed by atoms with van der Waals surface area (Å²) in [6.45, 7) is 5.47. The molecule has 1 saturated heterocycles. The molecule has 1 fully saturated rings. The molecule has 5 rings (SSSR count). The Hall–Kier alpha value is -3.30. The molecule has 9 heteroatoms. The molecule has 2 aromatic rings. The van der Waals surface area contributed by atoms with Crippen LogP contribution in [-0.2, 0) is 11.2 Å². The van der Waals surface area contributed by atoms with Crippen molar-refractivity contribution in [3.8, 4) is 0 Å². The van der Waals surface area contributed by atoms with Gasteiger partial charge in [-0.2, -0.15) is 0 Å². The number of amides is 2. The Balaban J connectivity index is 1.08. The van der Waals surface area contributed by atoms with Crippen LogP contribution in [0.3, 0.4) is 0 Å². The van der Waals surface area contributed by atoms with Crippen molar-refractivity contribution in [2.45, 2.75) is 44.8 Å². The maximum absolute atomic E-state index is 12.7. The predicted octanol–water partition coefficient (Wildman–Crippen LogP) is 1.71. The van der Waals surface area contributed by atoms with Crippen LogP contribution in [0.15, 0.2) is 42.2 Å². The van der Waals surface area contributed by atoms with Gasteiger partial charge in [-0.05, 0) is 48.0 Å². The first-order chi connectivity index (χ1) is 17.5. The normalized spacial score (nSPS) is 19.0. The molecule has 9 nitrogen and oxygen atoms in total. The molecule has 0 spiro atoms. The minimum atomic E-state index is -0.661. The number of aliphatic hydroxyl groups is 1. The number of nitrogens with zero attached hydrogens (tertiary/aromatic N) is 4. The van der Waals surface area contributed by atoms with Crippen LogP contribution in [0.5, 0.6) is 0 Å². The number of hydrogen-bond acceptors (Lipinski definition) is 7. The second kappa shape index (κ2) is 10.8. The van der Waals surface area contributed by atoms with Gasteiger partial charge in [0, 0.05) is 58.3 Å². The summed E-state index contributed by atoms with van der Waals surface area (Å²) in [4.78, 5) is 36.6. The molecule has 1 atom stereocenters. The first-order valence-corrected chi connectivity index (χ1v) is 12.8. The van der Waals surface area contributed by atoms with Crippen LogP contribution in [0.25, 0.3) is 5.57 Å². The third-order valence-corrected chi connectivity index (χ3v) is 7.42. The van der Waals surface area contributed by atoms with E-state index in [-0.39, 0.29) is 30.1 Å². The largest absolute Gasteiger partial charge is 0.390 e. The van der Waals surface area contributed by atoms with Crippen LogP contribution < -0.4 is 10.6 Å². The van der Waals surface area contributed by atoms with Crippen molar-refractivity contribution in [2.75, 3.05) is 44.6 Å². The minimum absolute atomic E-state index is 0.0999. The molecule has 2 amide bonds. The van der Waals surface area contributed by atoms with Crippen LogP contribution in [0.4, 0.5) is 5.82 Å². The molecule has 2 aliphatic heterocycles. The van der Waals surface area contributed by atoms with Gasteiger partial charge in [0.25, 0.3) is 5.91 Å². The summed E-state index contributed by atoms with van der Waals surface area (Å²) in [5.74, 6) is 0.357. The molecule has 1 aliphatic carbocycles. The van der Waals surface area contributed by atoms with Crippen molar-refractivity contribution in [1.29, 1.82) is 0 Å². The fourth-order valence-corrected chi connectivity index (χ4v) is 5.51. The molecule has 3 heterocycles. The second-order valence-corrected chi connectivity index (χ2v) is 9.98. The van der Waals surface area contributed by atoms with Gasteiger partial charge in [-0.25, -0.2) is 9.97 Å². The number of rotatable bonds is 7. The SMILES string of the molecule is CC(=O)N1CCC(Nc2cc(C(=O)NC[C@@H](O)CN3CCC4=C(Cc5ccccc54)C3)ncn2)CC1. The Morgan fingerprint density at radius 3 is 2.78 bits per heavy atom. The van der Waals surface area contributed by atoms with Crippen molar-refractivity contribution >= 4 is 23.2 Å². The molecule has 190 valence electrons. The Bertz CT molecular complexity index is 1160. The monoisotopic (exact) mass is 490 g/mol. The fraction of sp³-hybridized carbons (Fsp3) is 0.481. The molecule has 3 N–H and O–H groups in total. The Morgan fingerprint density at radius 1 is 1.17 bits per heavy atom. The van der Waals surface area contributed by atoms with Gasteiger partial charge >= 0.3 is 0 Å². The second-order valence-electron chi connectivity index (χ2n) is 9.98. The molecule has 3 aliphatic rings. The number of hydrogen-bond donors (Lipinski definition) is 3. The zero-order chi connectivity index (χ0) is 25.1. The summed E-state index contributed by atoms with van der Waals surface area (Å²) in [6.07, 6.45) is 4.36. The lowest BCUT2D eigenvalue weighted by atomic mass is 9.99. The van der Waals surface area contributed by atoms with E-state index in [1.54, 1.807) is 13.0 Å². The maximum atomic E-state index is 12.7. The van der Waals surface area contributed by atoms with Gasteiger partial charge in [0.2, 0.25) is 5.91 Å². The summed E-state index contributed by atoms with van der Waals surface area (Å²) >= 11 is 0. The van der Waals surface area contributed by atoms with Gasteiger partial charge in [-0.15, -0.1) is 0 Å². The number of aromatic nitrogens is 2. The van der Waals surface area contributed by atoms with Crippen molar-refractivity contribution in [3.63, 3.8) is 0 Å². The van der Waals surface area contributed by atoms with Gasteiger partial charge in [0.05, 0.1) is 6.10 Å². The number of aliphatic hydroxyl groups excluding tert-OH is 1. The summed E-state index contributed by atoms with van der Waals surface area (Å²) < 4.78 is 0. The van der Waals surface area contributed by atoms with E-state index in [1.165, 1.54) is 28.6 Å². The molecule has 0 saturated carbocycles. The number of β-amino-alcohol motifs (C(OH)–C–C–N with tert-alkyl or cyclic N) is 1. The number of likely N-dealkylation sites (tertiary alicyclic amines) is 1. The van der Waals surface area contributed by atoms with Gasteiger partial charge in [-0.1, -0.05) is 24.3 Å². The van der Waals surface area contributed by atoms with Crippen molar-refractivity contribution in [2.24, 2.45) is 0 Å². The van der Waals surface area contributed by atoms with E-state index < -0.39 is 6.10 Å². The zero-order valence-electron chi connectivity index (χ0n) is 20.7. The number of carbonyl (C=O) groups excluding carboxylic acids is 2. The Labute approximate surface area is 211 Å². The zero-order valence-corrected chi connectivity index (χ0v) is 20.7. The number of carbonyl (C=O) groups is 2. The molecule has 36 heavy (non-hydrogen) atoms. The lowest BCUT2D eigenvalue weighted by Crippen LogP contribution is -2.42. The third kappa shape index (κ3) is 5.57. The average Bonchev–Trinajstić information content (AvgIpc) is 3.25. The Morgan fingerprint density at radius 2 is 1.97 bits per heavy atom. The van der Waals surface area contributed by atoms with Crippen LogP contribution in [0.2, 0.25) is 0 Å². The highest BCUT2D eigenvalue weighted by Gasteiger charge is 2.27. The molecular formula is C27H34N6O3. The van der Waals surface area contributed by atoms with E-state index in [0.29, 0.717) is 25.5 Å². The number of piperidine rings is 1. The molecule has 1 aromatic heterocycles. The number of benzene rings is 1. The molecule has 0 bridgehead atoms. The maximum Gasteiger partial charge on any atom is 0.270 e. The van der Waals surface area contributed by atoms with E-state index >= 15 is 0 Å². The molecule has 0 unspecified atom stereocenters. The minimum Gasteiger partial charge on any atom is -0.390 e. The van der Waals surface area contributed by atoms with Gasteiger partial charge in [-0.3, -0.25) is 14.5 Å². The molecule has 1 aromatic carbocycles. The van der Waals surface area contributed by atoms with E-state index in [1.807, 2.05) is 4.90 Å². The van der Waals surface area contributed by atoms with Gasteiger partial charge in [0.1, 0.15) is 17.8 Å². The number of nitrogens with one attached hydrogen (secondary N) is 2. The first-order valence-electron chi connectivity index (χ1n) is 12.8. The lowest BCUT2D eigenvalue weighted by molar-refractivity contribution is -0.129. The first kappa shape index (κ1) is 24.4. The van der Waals surface area contributed by atoms with Crippen LogP contribution in [0, 0.1) is 0 Å². The summed E-state index contributed by atoms with van der Waals surface area (Å²) in [5.41, 5.74) is 5.98. The smallest absolute Gasteiger partial charge is 0.270 e. The quantitative estimate of drug-likeness (QED) is 0.542. The summed E-state index contributed by atoms with van der Waals surface area (Å²) in [6, 6.07) is 10.4. The predicted molar refractivity (Wildman–Crippen MR) is 137 cm³/mol. The fourth-order valence-electron chi connectivity index (χ4n) is 5.51. The van der Waals surface area contributed by atoms with Crippen molar-refractivity contribution < 1.29 is 14.7 Å². The molecular weight excluding hydrogens is 456 g/mol. The van der Waals surface area contributed by atoms with Crippen molar-refractivity contribution in [1.82, 2.24) is 25.1 Å². The lowest BCUT2D eigenvalue weighted by Gasteiger charge is -2.31. The number of anilines is 1. The van der Waals surface area contributed by atoms with E-state index in [9.17, 15) is 14.7 Å². The summed E-state index contributed by atoms with van der Waals surface area (Å²) in [5, 5.41) is 16.8. The van der Waals surface area contributed by atoms with Crippen LogP contribution >= 0.6 is 0 Å². The highest BCUT2D eigenvalue weighted by Crippen LogP contribution is 2.37. The topological polar surface area (TPSA) is 111 Å². The summed E-state index contributed by atoms with van der Waals surface area (Å²) in [7, 11) is 0.